The van der Waals surface area contributed by atoms with Crippen molar-refractivity contribution in [2.24, 2.45) is 0 Å². The van der Waals surface area contributed by atoms with Crippen molar-refractivity contribution in [2.75, 3.05) is 25.4 Å². The highest BCUT2D eigenvalue weighted by molar-refractivity contribution is 6.33. The molecule has 0 radical (unpaired) electrons. The lowest BCUT2D eigenvalue weighted by molar-refractivity contribution is 0.0973. The predicted molar refractivity (Wildman–Crippen MR) is 132 cm³/mol. The van der Waals surface area contributed by atoms with E-state index in [0.29, 0.717) is 35.1 Å². The van der Waals surface area contributed by atoms with Crippen LogP contribution in [0.4, 0.5) is 5.69 Å². The number of aryl methyl sites for hydroxylation is 2. The van der Waals surface area contributed by atoms with E-state index in [0.717, 1.165) is 24.9 Å². The number of ketones is 1. The number of nitrogens with two attached hydrogens (primary N) is 1. The molecule has 1 aliphatic rings. The van der Waals surface area contributed by atoms with Gasteiger partial charge in [0, 0.05) is 12.5 Å². The SMILES string of the molecule is Cc1cc(C)cc(COc2cc(N)c(Cl)cc2C(=O)CCCCN2CCCCC2)c1.Cl. The van der Waals surface area contributed by atoms with E-state index in [1.807, 2.05) is 0 Å². The van der Waals surface area contributed by atoms with Crippen LogP contribution in [0.5, 0.6) is 5.75 Å². The summed E-state index contributed by atoms with van der Waals surface area (Å²) in [6, 6.07) is 9.64. The smallest absolute Gasteiger partial charge is 0.166 e. The first-order valence-corrected chi connectivity index (χ1v) is 11.3. The lowest BCUT2D eigenvalue weighted by atomic mass is 10.0. The lowest BCUT2D eigenvalue weighted by Crippen LogP contribution is -2.30. The number of halogens is 2. The molecule has 0 spiro atoms. The Morgan fingerprint density at radius 1 is 1.03 bits per heavy atom. The van der Waals surface area contributed by atoms with Gasteiger partial charge in [-0.25, -0.2) is 0 Å². The van der Waals surface area contributed by atoms with Crippen LogP contribution in [0, 0.1) is 13.8 Å². The van der Waals surface area contributed by atoms with Gasteiger partial charge < -0.3 is 15.4 Å². The maximum atomic E-state index is 12.9. The van der Waals surface area contributed by atoms with Crippen molar-refractivity contribution in [1.82, 2.24) is 4.90 Å². The molecule has 0 bridgehead atoms. The average Bonchev–Trinajstić information content (AvgIpc) is 2.71. The monoisotopic (exact) mass is 464 g/mol. The van der Waals surface area contributed by atoms with Crippen molar-refractivity contribution in [3.05, 3.63) is 57.6 Å². The molecule has 170 valence electrons. The first kappa shape index (κ1) is 25.5. The zero-order chi connectivity index (χ0) is 21.5. The summed E-state index contributed by atoms with van der Waals surface area (Å²) in [6.45, 7) is 7.98. The third-order valence-electron chi connectivity index (χ3n) is 5.65. The van der Waals surface area contributed by atoms with E-state index in [4.69, 9.17) is 22.1 Å². The van der Waals surface area contributed by atoms with Crippen molar-refractivity contribution < 1.29 is 9.53 Å². The zero-order valence-corrected chi connectivity index (χ0v) is 20.2. The number of nitrogens with zero attached hydrogens (tertiary/aromatic N) is 1. The lowest BCUT2D eigenvalue weighted by Gasteiger charge is -2.26. The van der Waals surface area contributed by atoms with Gasteiger partial charge in [0.2, 0.25) is 0 Å². The largest absolute Gasteiger partial charge is 0.488 e. The molecule has 6 heteroatoms. The van der Waals surface area contributed by atoms with Gasteiger partial charge in [-0.1, -0.05) is 47.3 Å². The summed E-state index contributed by atoms with van der Waals surface area (Å²) in [5, 5.41) is 0.394. The number of rotatable bonds is 9. The number of piperidine rings is 1. The molecular weight excluding hydrogens is 431 g/mol. The molecule has 1 fully saturated rings. The number of carbonyl (C=O) groups excluding carboxylic acids is 1. The molecule has 2 aromatic carbocycles. The fraction of sp³-hybridized carbons (Fsp3) is 0.480. The van der Waals surface area contributed by atoms with Gasteiger partial charge in [0.25, 0.3) is 0 Å². The summed E-state index contributed by atoms with van der Waals surface area (Å²) >= 11 is 6.21. The number of ether oxygens (including phenoxy) is 1. The summed E-state index contributed by atoms with van der Waals surface area (Å²) in [6.07, 6.45) is 6.33. The highest BCUT2D eigenvalue weighted by Crippen LogP contribution is 2.31. The Kier molecular flexibility index (Phi) is 10.1. The summed E-state index contributed by atoms with van der Waals surface area (Å²) in [4.78, 5) is 15.4. The van der Waals surface area contributed by atoms with E-state index in [1.165, 1.54) is 43.5 Å². The third kappa shape index (κ3) is 7.71. The van der Waals surface area contributed by atoms with Crippen LogP contribution < -0.4 is 10.5 Å². The van der Waals surface area contributed by atoms with Gasteiger partial charge >= 0.3 is 0 Å². The standard InChI is InChI=1S/C25H33ClN2O2.ClH/c1-18-12-19(2)14-20(13-18)17-30-25-16-23(27)22(26)15-21(25)24(29)8-4-7-11-28-9-5-3-6-10-28;/h12-16H,3-11,17,27H2,1-2H3;1H. The molecule has 1 heterocycles. The van der Waals surface area contributed by atoms with Gasteiger partial charge in [-0.15, -0.1) is 12.4 Å². The predicted octanol–water partition coefficient (Wildman–Crippen LogP) is 6.38. The first-order valence-electron chi connectivity index (χ1n) is 11.0. The summed E-state index contributed by atoms with van der Waals surface area (Å²) < 4.78 is 6.02. The molecule has 0 unspecified atom stereocenters. The fourth-order valence-electron chi connectivity index (χ4n) is 4.16. The van der Waals surface area contributed by atoms with Crippen LogP contribution in [-0.4, -0.2) is 30.3 Å². The van der Waals surface area contributed by atoms with Crippen LogP contribution in [0.15, 0.2) is 30.3 Å². The highest BCUT2D eigenvalue weighted by atomic mass is 35.5. The number of hydrogen-bond donors (Lipinski definition) is 1. The molecule has 2 N–H and O–H groups in total. The Morgan fingerprint density at radius 2 is 1.71 bits per heavy atom. The van der Waals surface area contributed by atoms with Crippen LogP contribution in [0.25, 0.3) is 0 Å². The molecule has 2 aromatic rings. The van der Waals surface area contributed by atoms with Gasteiger partial charge in [-0.3, -0.25) is 4.79 Å². The molecule has 1 aliphatic heterocycles. The van der Waals surface area contributed by atoms with E-state index in [-0.39, 0.29) is 18.2 Å². The van der Waals surface area contributed by atoms with Crippen molar-refractivity contribution in [1.29, 1.82) is 0 Å². The molecule has 31 heavy (non-hydrogen) atoms. The van der Waals surface area contributed by atoms with E-state index >= 15 is 0 Å². The molecule has 0 atom stereocenters. The normalized spacial score (nSPS) is 14.2. The quantitative estimate of drug-likeness (QED) is 0.265. The maximum Gasteiger partial charge on any atom is 0.166 e. The molecular formula is C25H34Cl2N2O2. The van der Waals surface area contributed by atoms with Crippen LogP contribution in [0.3, 0.4) is 0 Å². The molecule has 0 aliphatic carbocycles. The number of likely N-dealkylation sites (tertiary alicyclic amines) is 1. The number of carbonyl (C=O) groups is 1. The van der Waals surface area contributed by atoms with Gasteiger partial charge in [0.1, 0.15) is 12.4 Å². The van der Waals surface area contributed by atoms with Crippen molar-refractivity contribution in [3.63, 3.8) is 0 Å². The second-order valence-corrected chi connectivity index (χ2v) is 8.84. The highest BCUT2D eigenvalue weighted by Gasteiger charge is 2.16. The summed E-state index contributed by atoms with van der Waals surface area (Å²) in [5.74, 6) is 0.572. The van der Waals surface area contributed by atoms with Crippen molar-refractivity contribution >= 4 is 35.5 Å². The Hall–Kier alpha value is -1.75. The second-order valence-electron chi connectivity index (χ2n) is 8.44. The Balaban J connectivity index is 0.00000341. The molecule has 0 amide bonds. The Morgan fingerprint density at radius 3 is 2.39 bits per heavy atom. The third-order valence-corrected chi connectivity index (χ3v) is 5.98. The van der Waals surface area contributed by atoms with Crippen LogP contribution >= 0.6 is 24.0 Å². The summed E-state index contributed by atoms with van der Waals surface area (Å²) in [7, 11) is 0. The molecule has 3 rings (SSSR count). The van der Waals surface area contributed by atoms with Crippen LogP contribution in [0.2, 0.25) is 5.02 Å². The Bertz CT molecular complexity index is 860. The number of anilines is 1. The molecule has 4 nitrogen and oxygen atoms in total. The minimum absolute atomic E-state index is 0. The van der Waals surface area contributed by atoms with E-state index in [2.05, 4.69) is 36.9 Å². The van der Waals surface area contributed by atoms with E-state index in [1.54, 1.807) is 12.1 Å². The first-order chi connectivity index (χ1) is 14.4. The van der Waals surface area contributed by atoms with Gasteiger partial charge in [0.15, 0.2) is 5.78 Å². The number of benzene rings is 2. The van der Waals surface area contributed by atoms with E-state index in [9.17, 15) is 4.79 Å². The van der Waals surface area contributed by atoms with Gasteiger partial charge in [-0.05, 0) is 70.8 Å². The minimum Gasteiger partial charge on any atom is -0.488 e. The number of nitrogen functional groups attached to an aromatic ring is 1. The minimum atomic E-state index is 0. The second kappa shape index (κ2) is 12.3. The number of Topliss-reactive ketones (excluding diaryl/α,β-unsaturated/α-hetero) is 1. The van der Waals surface area contributed by atoms with Crippen LogP contribution in [-0.2, 0) is 6.61 Å². The molecule has 0 aromatic heterocycles. The zero-order valence-electron chi connectivity index (χ0n) is 18.6. The average molecular weight is 465 g/mol. The number of hydrogen-bond acceptors (Lipinski definition) is 4. The fourth-order valence-corrected chi connectivity index (χ4v) is 4.32. The van der Waals surface area contributed by atoms with Gasteiger partial charge in [0.05, 0.1) is 16.3 Å². The van der Waals surface area contributed by atoms with Crippen LogP contribution in [0.1, 0.15) is 65.6 Å². The Labute approximate surface area is 197 Å². The molecule has 1 saturated heterocycles. The maximum absolute atomic E-state index is 12.9. The topological polar surface area (TPSA) is 55.6 Å². The van der Waals surface area contributed by atoms with E-state index < -0.39 is 0 Å². The van der Waals surface area contributed by atoms with Crippen molar-refractivity contribution in [2.45, 2.75) is 59.0 Å². The molecule has 0 saturated carbocycles. The van der Waals surface area contributed by atoms with Crippen molar-refractivity contribution in [3.8, 4) is 5.75 Å². The summed E-state index contributed by atoms with van der Waals surface area (Å²) in [5.41, 5.74) is 10.4. The number of unbranched alkanes of at least 4 members (excludes halogenated alkanes) is 1. The van der Waals surface area contributed by atoms with Gasteiger partial charge in [-0.2, -0.15) is 0 Å².